The Hall–Kier alpha value is -1.88. The first-order valence-electron chi connectivity index (χ1n) is 6.15. The molecular formula is C15H7Cl3N2O2. The topological polar surface area (TPSA) is 58.5 Å². The van der Waals surface area contributed by atoms with E-state index in [0.29, 0.717) is 15.8 Å². The molecular weight excluding hydrogens is 347 g/mol. The van der Waals surface area contributed by atoms with Crippen molar-refractivity contribution < 1.29 is 0 Å². The number of hydrogen-bond acceptors (Lipinski definition) is 4. The highest BCUT2D eigenvalue weighted by Crippen LogP contribution is 2.33. The van der Waals surface area contributed by atoms with E-state index < -0.39 is 10.9 Å². The largest absolute Gasteiger partial charge is 0.287 e. The minimum Gasteiger partial charge on any atom is -0.287 e. The molecule has 3 aromatic rings. The third-order valence-corrected chi connectivity index (χ3v) is 3.95. The lowest BCUT2D eigenvalue weighted by Gasteiger charge is -2.05. The Morgan fingerprint density at radius 1 is 0.864 bits per heavy atom. The van der Waals surface area contributed by atoms with Crippen LogP contribution in [0.15, 0.2) is 51.1 Å². The van der Waals surface area contributed by atoms with Crippen LogP contribution in [0, 0.1) is 0 Å². The van der Waals surface area contributed by atoms with Crippen LogP contribution < -0.4 is 21.6 Å². The second kappa shape index (κ2) is 5.72. The summed E-state index contributed by atoms with van der Waals surface area (Å²) >= 11 is 17.8. The molecule has 0 aliphatic rings. The van der Waals surface area contributed by atoms with E-state index in [4.69, 9.17) is 34.8 Å². The lowest BCUT2D eigenvalue weighted by atomic mass is 10.2. The van der Waals surface area contributed by atoms with E-state index in [1.54, 1.807) is 24.3 Å². The van der Waals surface area contributed by atoms with Crippen LogP contribution in [0.2, 0.25) is 15.1 Å². The van der Waals surface area contributed by atoms with E-state index in [1.165, 1.54) is 12.1 Å². The summed E-state index contributed by atoms with van der Waals surface area (Å²) in [6, 6.07) is 9.50. The SMILES string of the molecule is O=c1c(=NNc2c(Cl)cc(Cl)cc2Cl)c(=O)c2ccccc12. The Morgan fingerprint density at radius 3 is 1.86 bits per heavy atom. The van der Waals surface area contributed by atoms with Crippen LogP contribution >= 0.6 is 34.8 Å². The third kappa shape index (κ3) is 2.50. The fourth-order valence-corrected chi connectivity index (χ4v) is 3.00. The third-order valence-electron chi connectivity index (χ3n) is 3.13. The number of benzene rings is 2. The monoisotopic (exact) mass is 352 g/mol. The molecule has 22 heavy (non-hydrogen) atoms. The van der Waals surface area contributed by atoms with Gasteiger partial charge < -0.3 is 0 Å². The van der Waals surface area contributed by atoms with Gasteiger partial charge in [0.1, 0.15) is 0 Å². The molecule has 110 valence electrons. The second-order valence-electron chi connectivity index (χ2n) is 4.52. The van der Waals surface area contributed by atoms with Crippen molar-refractivity contribution in [1.29, 1.82) is 0 Å². The number of hydrogen-bond donors (Lipinski definition) is 1. The quantitative estimate of drug-likeness (QED) is 0.719. The van der Waals surface area contributed by atoms with Crippen LogP contribution in [0.1, 0.15) is 0 Å². The van der Waals surface area contributed by atoms with Gasteiger partial charge in [-0.15, -0.1) is 0 Å². The molecule has 0 saturated carbocycles. The smallest absolute Gasteiger partial charge is 0.217 e. The zero-order valence-electron chi connectivity index (χ0n) is 10.9. The lowest BCUT2D eigenvalue weighted by Crippen LogP contribution is -2.32. The molecule has 7 heteroatoms. The molecule has 0 aromatic heterocycles. The Balaban J connectivity index is 2.16. The molecule has 4 nitrogen and oxygen atoms in total. The average Bonchev–Trinajstić information content (AvgIpc) is 2.71. The summed E-state index contributed by atoms with van der Waals surface area (Å²) in [6.45, 7) is 0. The Kier molecular flexibility index (Phi) is 3.91. The fraction of sp³-hybridized carbons (Fsp3) is 0. The van der Waals surface area contributed by atoms with Gasteiger partial charge in [-0.3, -0.25) is 15.0 Å². The van der Waals surface area contributed by atoms with Crippen molar-refractivity contribution in [3.05, 3.63) is 77.3 Å². The van der Waals surface area contributed by atoms with Gasteiger partial charge in [-0.1, -0.05) is 59.1 Å². The van der Waals surface area contributed by atoms with Crippen LogP contribution in [0.3, 0.4) is 0 Å². The van der Waals surface area contributed by atoms with Crippen LogP contribution in [-0.2, 0) is 0 Å². The van der Waals surface area contributed by atoms with Gasteiger partial charge in [0.25, 0.3) is 0 Å². The predicted molar refractivity (Wildman–Crippen MR) is 89.5 cm³/mol. The summed E-state index contributed by atoms with van der Waals surface area (Å²) in [7, 11) is 0. The first kappa shape index (κ1) is 15.0. The van der Waals surface area contributed by atoms with Gasteiger partial charge in [-0.2, -0.15) is 5.10 Å². The van der Waals surface area contributed by atoms with Crippen LogP contribution in [-0.4, -0.2) is 0 Å². The molecule has 0 atom stereocenters. The Morgan fingerprint density at radius 2 is 1.36 bits per heavy atom. The number of fused-ring (bicyclic) bond motifs is 1. The molecule has 0 aliphatic heterocycles. The van der Waals surface area contributed by atoms with Gasteiger partial charge in [0.2, 0.25) is 10.9 Å². The maximum absolute atomic E-state index is 12.2. The minimum atomic E-state index is -0.436. The van der Waals surface area contributed by atoms with Gasteiger partial charge in [0.15, 0.2) is 5.36 Å². The molecule has 3 aromatic carbocycles. The standard InChI is InChI=1S/C15H7Cl3N2O2/c16-7-5-10(17)12(11(18)6-7)19-20-13-14(21)8-3-1-2-4-9(8)15(13)22/h1-6,19H. The first-order valence-corrected chi connectivity index (χ1v) is 7.29. The molecule has 0 unspecified atom stereocenters. The number of rotatable bonds is 2. The lowest BCUT2D eigenvalue weighted by molar-refractivity contribution is 1.20. The van der Waals surface area contributed by atoms with E-state index in [9.17, 15) is 9.59 Å². The van der Waals surface area contributed by atoms with Crippen molar-refractivity contribution in [2.45, 2.75) is 0 Å². The van der Waals surface area contributed by atoms with E-state index in [2.05, 4.69) is 10.5 Å². The van der Waals surface area contributed by atoms with Crippen molar-refractivity contribution in [3.63, 3.8) is 0 Å². The number of anilines is 1. The molecule has 0 radical (unpaired) electrons. The average molecular weight is 354 g/mol. The number of nitrogens with one attached hydrogen (secondary N) is 1. The highest BCUT2D eigenvalue weighted by atomic mass is 35.5. The van der Waals surface area contributed by atoms with Gasteiger partial charge in [0, 0.05) is 15.8 Å². The zero-order chi connectivity index (χ0) is 15.9. The fourth-order valence-electron chi connectivity index (χ4n) is 2.10. The number of halogens is 3. The summed E-state index contributed by atoms with van der Waals surface area (Å²) in [5, 5.41) is 5.18. The normalized spacial score (nSPS) is 10.9. The zero-order valence-corrected chi connectivity index (χ0v) is 13.1. The minimum absolute atomic E-state index is 0.205. The highest BCUT2D eigenvalue weighted by molar-refractivity contribution is 6.41. The molecule has 0 heterocycles. The van der Waals surface area contributed by atoms with Crippen LogP contribution in [0.4, 0.5) is 5.69 Å². The second-order valence-corrected chi connectivity index (χ2v) is 5.77. The van der Waals surface area contributed by atoms with Crippen molar-refractivity contribution >= 4 is 51.3 Å². The van der Waals surface area contributed by atoms with Crippen molar-refractivity contribution in [2.24, 2.45) is 5.10 Å². The van der Waals surface area contributed by atoms with Crippen LogP contribution in [0.25, 0.3) is 10.8 Å². The van der Waals surface area contributed by atoms with E-state index in [0.717, 1.165) is 0 Å². The van der Waals surface area contributed by atoms with Gasteiger partial charge in [0.05, 0.1) is 15.7 Å². The molecule has 0 amide bonds. The molecule has 0 spiro atoms. The van der Waals surface area contributed by atoms with E-state index in [1.807, 2.05) is 0 Å². The maximum Gasteiger partial charge on any atom is 0.217 e. The summed E-state index contributed by atoms with van der Waals surface area (Å²) in [5.41, 5.74) is 1.97. The predicted octanol–water partition coefficient (Wildman–Crippen LogP) is 3.32. The molecule has 0 fully saturated rings. The van der Waals surface area contributed by atoms with Gasteiger partial charge in [-0.05, 0) is 12.1 Å². The van der Waals surface area contributed by atoms with E-state index >= 15 is 0 Å². The van der Waals surface area contributed by atoms with Crippen molar-refractivity contribution in [2.75, 3.05) is 5.43 Å². The van der Waals surface area contributed by atoms with Gasteiger partial charge in [-0.25, -0.2) is 0 Å². The summed E-state index contributed by atoms with van der Waals surface area (Å²) in [5.74, 6) is 0. The van der Waals surface area contributed by atoms with Crippen LogP contribution in [0.5, 0.6) is 0 Å². The summed E-state index contributed by atoms with van der Waals surface area (Å²) in [6.07, 6.45) is 0. The molecule has 3 rings (SSSR count). The molecule has 1 N–H and O–H groups in total. The summed E-state index contributed by atoms with van der Waals surface area (Å²) in [4.78, 5) is 24.3. The molecule has 0 bridgehead atoms. The first-order chi connectivity index (χ1) is 10.5. The Bertz CT molecular complexity index is 964. The van der Waals surface area contributed by atoms with E-state index in [-0.39, 0.29) is 21.1 Å². The number of nitrogens with zero attached hydrogens (tertiary/aromatic N) is 1. The highest BCUT2D eigenvalue weighted by Gasteiger charge is 2.11. The van der Waals surface area contributed by atoms with Crippen molar-refractivity contribution in [3.8, 4) is 0 Å². The molecule has 0 aliphatic carbocycles. The maximum atomic E-state index is 12.2. The Labute approximate surface area is 139 Å². The summed E-state index contributed by atoms with van der Waals surface area (Å²) < 4.78 is 0. The van der Waals surface area contributed by atoms with Gasteiger partial charge >= 0.3 is 0 Å². The molecule has 0 saturated heterocycles. The van der Waals surface area contributed by atoms with Crippen molar-refractivity contribution in [1.82, 2.24) is 0 Å².